The molecule has 0 radical (unpaired) electrons. The number of aryl methyl sites for hydroxylation is 2. The number of nitrogens with one attached hydrogen (secondary N) is 1. The van der Waals surface area contributed by atoms with Gasteiger partial charge in [0, 0.05) is 56.5 Å². The number of aliphatic carboxylic acids is 2. The lowest BCUT2D eigenvalue weighted by Crippen LogP contribution is -2.30. The summed E-state index contributed by atoms with van der Waals surface area (Å²) in [5.74, 6) is -3.47. The fourth-order valence-electron chi connectivity index (χ4n) is 6.20. The van der Waals surface area contributed by atoms with Crippen LogP contribution in [0.25, 0.3) is 45.0 Å². The van der Waals surface area contributed by atoms with E-state index in [2.05, 4.69) is 44.6 Å². The van der Waals surface area contributed by atoms with Gasteiger partial charge >= 0.3 is 24.3 Å². The van der Waals surface area contributed by atoms with E-state index < -0.39 is 66.2 Å². The molecule has 6 aromatic rings. The minimum absolute atomic E-state index is 0.0828. The van der Waals surface area contributed by atoms with E-state index in [1.165, 1.54) is 68.9 Å². The summed E-state index contributed by atoms with van der Waals surface area (Å²) >= 11 is 0. The molecule has 0 bridgehead atoms. The molecule has 13 nitrogen and oxygen atoms in total. The number of pyridine rings is 2. The molecule has 0 aliphatic rings. The number of alkyl halides is 6. The first-order valence-electron chi connectivity index (χ1n) is 21.5. The van der Waals surface area contributed by atoms with Crippen LogP contribution in [0.1, 0.15) is 50.2 Å². The summed E-state index contributed by atoms with van der Waals surface area (Å²) in [4.78, 5) is 40.1. The molecule has 4 heterocycles. The van der Waals surface area contributed by atoms with Crippen LogP contribution in [-0.2, 0) is 33.4 Å². The number of aromatic amines is 1. The molecule has 0 amide bonds. The van der Waals surface area contributed by atoms with Crippen LogP contribution >= 0.6 is 0 Å². The van der Waals surface area contributed by atoms with Gasteiger partial charge in [0.15, 0.2) is 5.69 Å². The zero-order valence-corrected chi connectivity index (χ0v) is 40.7. The highest BCUT2D eigenvalue weighted by Crippen LogP contribution is 2.36. The number of hydrogen-bond donors (Lipinski definition) is 3. The first-order valence-corrected chi connectivity index (χ1v) is 25.2. The van der Waals surface area contributed by atoms with Crippen molar-refractivity contribution in [2.24, 2.45) is 10.8 Å². The SMILES string of the molecule is Cc1cc(OCC(C)(C)C(=O)O)ncc1-c1ccc(-c2nc(C(F)(F)F)cn2COCC[Si](C)(C)C)c(F)c1.Cc1cc(OCC(C)(C)C(=O)O)ncc1-c1ccc(-c2ncc(C(F)(F)F)[nH]2)c(F)c1. The minimum Gasteiger partial charge on any atom is -0.481 e. The van der Waals surface area contributed by atoms with E-state index in [0.29, 0.717) is 46.2 Å². The highest BCUT2D eigenvalue weighted by Gasteiger charge is 2.36. The Morgan fingerprint density at radius 1 is 0.686 bits per heavy atom. The molecule has 0 saturated heterocycles. The van der Waals surface area contributed by atoms with Crippen molar-refractivity contribution in [3.63, 3.8) is 0 Å². The lowest BCUT2D eigenvalue weighted by Gasteiger charge is -2.19. The largest absolute Gasteiger partial charge is 0.481 e. The zero-order chi connectivity index (χ0) is 52.1. The molecule has 6 rings (SSSR count). The molecule has 0 atom stereocenters. The monoisotopic (exact) mass is 1000 g/mol. The van der Waals surface area contributed by atoms with Gasteiger partial charge in [0.05, 0.1) is 28.2 Å². The molecule has 0 spiro atoms. The predicted octanol–water partition coefficient (Wildman–Crippen LogP) is 12.0. The maximum absolute atomic E-state index is 15.3. The zero-order valence-electron chi connectivity index (χ0n) is 39.7. The third kappa shape index (κ3) is 14.0. The second-order valence-electron chi connectivity index (χ2n) is 18.9. The third-order valence-corrected chi connectivity index (χ3v) is 12.4. The van der Waals surface area contributed by atoms with Crippen molar-refractivity contribution in [3.05, 3.63) is 107 Å². The lowest BCUT2D eigenvalue weighted by atomic mass is 9.95. The Labute approximate surface area is 398 Å². The Bertz CT molecular complexity index is 2840. The molecule has 3 N–H and O–H groups in total. The van der Waals surface area contributed by atoms with Gasteiger partial charge in [0.25, 0.3) is 0 Å². The second kappa shape index (κ2) is 21.1. The number of carboxylic acids is 2. The van der Waals surface area contributed by atoms with Gasteiger partial charge in [0.1, 0.15) is 48.9 Å². The number of nitrogens with zero attached hydrogens (tertiary/aromatic N) is 5. The molecule has 0 unspecified atom stereocenters. The number of carbonyl (C=O) groups is 2. The van der Waals surface area contributed by atoms with Crippen LogP contribution in [-0.4, -0.2) is 79.5 Å². The first kappa shape index (κ1) is 54.3. The highest BCUT2D eigenvalue weighted by molar-refractivity contribution is 6.76. The number of halogens is 8. The number of ether oxygens (including phenoxy) is 3. The predicted molar refractivity (Wildman–Crippen MR) is 245 cm³/mol. The van der Waals surface area contributed by atoms with E-state index in [1.54, 1.807) is 38.1 Å². The summed E-state index contributed by atoms with van der Waals surface area (Å²) in [7, 11) is -1.40. The smallest absolute Gasteiger partial charge is 0.434 e. The number of aromatic nitrogens is 6. The quantitative estimate of drug-likeness (QED) is 0.0450. The third-order valence-electron chi connectivity index (χ3n) is 10.7. The molecule has 0 aliphatic heterocycles. The van der Waals surface area contributed by atoms with Crippen LogP contribution < -0.4 is 9.47 Å². The van der Waals surface area contributed by atoms with Crippen LogP contribution in [0.15, 0.2) is 73.3 Å². The van der Waals surface area contributed by atoms with Crippen LogP contribution in [0, 0.1) is 36.3 Å². The average Bonchev–Trinajstić information content (AvgIpc) is 3.93. The van der Waals surface area contributed by atoms with Gasteiger partial charge in [-0.15, -0.1) is 0 Å². The second-order valence-corrected chi connectivity index (χ2v) is 24.5. The summed E-state index contributed by atoms with van der Waals surface area (Å²) < 4.78 is 126. The Morgan fingerprint density at radius 2 is 1.17 bits per heavy atom. The van der Waals surface area contributed by atoms with E-state index in [4.69, 9.17) is 19.3 Å². The Balaban J connectivity index is 0.000000267. The molecule has 0 aliphatic carbocycles. The van der Waals surface area contributed by atoms with Gasteiger partial charge in [-0.05, 0) is 94.1 Å². The normalized spacial score (nSPS) is 12.4. The van der Waals surface area contributed by atoms with Crippen molar-refractivity contribution in [1.82, 2.24) is 29.5 Å². The fourth-order valence-corrected chi connectivity index (χ4v) is 6.96. The molecule has 22 heteroatoms. The van der Waals surface area contributed by atoms with E-state index in [-0.39, 0.29) is 54.5 Å². The molecule has 4 aromatic heterocycles. The standard InChI is InChI=1S/C27H33F4N3O4Si.C21H19F4N3O3/c1-17-11-23(38-15-26(2,3)25(35)36)32-13-20(17)18-7-8-19(21(28)12-18)24-33-22(27(29,30)31)14-34(24)16-37-9-10-39(4,5)6;1-11-6-17(31-10-20(2,3)19(29)30)26-8-14(11)12-4-5-13(15(22)7-12)18-27-9-16(28-18)21(23,24)25/h7-8,11-14H,9-10,15-16H2,1-6H3,(H,35,36);4-9H,10H2,1-3H3,(H,27,28)(H,29,30). The maximum atomic E-state index is 15.3. The lowest BCUT2D eigenvalue weighted by molar-refractivity contribution is -0.149. The van der Waals surface area contributed by atoms with E-state index >= 15 is 4.39 Å². The number of rotatable bonds is 17. The molecule has 70 heavy (non-hydrogen) atoms. The average molecular weight is 1010 g/mol. The number of carboxylic acid groups (broad SMARTS) is 2. The number of H-pyrrole nitrogens is 1. The van der Waals surface area contributed by atoms with E-state index in [0.717, 1.165) is 12.2 Å². The van der Waals surface area contributed by atoms with Crippen molar-refractivity contribution < 1.29 is 69.1 Å². The van der Waals surface area contributed by atoms with Crippen molar-refractivity contribution in [2.45, 2.75) is 86.3 Å². The van der Waals surface area contributed by atoms with Gasteiger partial charge in [0.2, 0.25) is 11.8 Å². The van der Waals surface area contributed by atoms with Crippen molar-refractivity contribution in [2.75, 3.05) is 19.8 Å². The van der Waals surface area contributed by atoms with Crippen LogP contribution in [0.5, 0.6) is 11.8 Å². The Morgan fingerprint density at radius 3 is 1.57 bits per heavy atom. The number of imidazole rings is 2. The van der Waals surface area contributed by atoms with Gasteiger partial charge in [-0.25, -0.2) is 28.7 Å². The van der Waals surface area contributed by atoms with Gasteiger partial charge in [-0.2, -0.15) is 26.3 Å². The van der Waals surface area contributed by atoms with Crippen LogP contribution in [0.2, 0.25) is 25.7 Å². The van der Waals surface area contributed by atoms with Gasteiger partial charge in [-0.1, -0.05) is 31.8 Å². The molecule has 0 saturated carbocycles. The van der Waals surface area contributed by atoms with Crippen molar-refractivity contribution in [1.29, 1.82) is 0 Å². The molecular formula is C48H52F8N6O7Si. The summed E-state index contributed by atoms with van der Waals surface area (Å²) in [6.45, 7) is 16.1. The van der Waals surface area contributed by atoms with E-state index in [1.807, 2.05) is 0 Å². The Kier molecular flexibility index (Phi) is 16.4. The van der Waals surface area contributed by atoms with Crippen LogP contribution in [0.3, 0.4) is 0 Å². The summed E-state index contributed by atoms with van der Waals surface area (Å²) in [6, 6.07) is 12.3. The summed E-state index contributed by atoms with van der Waals surface area (Å²) in [5, 5.41) is 18.4. The first-order chi connectivity index (χ1) is 32.4. The van der Waals surface area contributed by atoms with Crippen LogP contribution in [0.4, 0.5) is 35.1 Å². The topological polar surface area (TPSA) is 175 Å². The maximum Gasteiger partial charge on any atom is 0.434 e. The molecule has 0 fully saturated rings. The number of hydrogen-bond acceptors (Lipinski definition) is 9. The van der Waals surface area contributed by atoms with Gasteiger partial charge < -0.3 is 34.0 Å². The van der Waals surface area contributed by atoms with Gasteiger partial charge in [-0.3, -0.25) is 9.59 Å². The number of benzene rings is 2. The highest BCUT2D eigenvalue weighted by atomic mass is 28.3. The van der Waals surface area contributed by atoms with E-state index in [9.17, 15) is 45.4 Å². The minimum atomic E-state index is -4.69. The summed E-state index contributed by atoms with van der Waals surface area (Å²) in [5.41, 5.74) is -1.10. The molecule has 376 valence electrons. The van der Waals surface area contributed by atoms with Crippen molar-refractivity contribution in [3.8, 4) is 56.8 Å². The molecular weight excluding hydrogens is 953 g/mol. The fraction of sp³-hybridized carbons (Fsp3) is 0.375. The molecule has 2 aromatic carbocycles. The van der Waals surface area contributed by atoms with Crippen molar-refractivity contribution >= 4 is 20.0 Å². The summed E-state index contributed by atoms with van der Waals surface area (Å²) in [6.07, 6.45) is -4.92. The Hall–Kier alpha value is -6.68.